The number of aliphatic hydroxyl groups is 1. The lowest BCUT2D eigenvalue weighted by molar-refractivity contribution is -0.119. The number of rotatable bonds is 1. The Bertz CT molecular complexity index is 124. The molecule has 1 rings (SSSR count). The van der Waals surface area contributed by atoms with Gasteiger partial charge >= 0.3 is 0 Å². The van der Waals surface area contributed by atoms with Gasteiger partial charge in [0, 0.05) is 6.42 Å². The molecule has 0 aromatic rings. The molecule has 0 aromatic heterocycles. The van der Waals surface area contributed by atoms with Crippen LogP contribution in [0.15, 0.2) is 0 Å². The molecule has 1 saturated heterocycles. The number of hydrogen-bond acceptors (Lipinski definition) is 3. The van der Waals surface area contributed by atoms with Crippen molar-refractivity contribution in [1.29, 1.82) is 0 Å². The first-order chi connectivity index (χ1) is 4.20. The maximum Gasteiger partial charge on any atom is 0.235 e. The first-order valence-corrected chi connectivity index (χ1v) is 2.92. The fourth-order valence-corrected chi connectivity index (χ4v) is 0.766. The number of carbonyl (C=O) groups excluding carboxylic acids is 1. The van der Waals surface area contributed by atoms with Crippen molar-refractivity contribution in [3.8, 4) is 0 Å². The topological polar surface area (TPSA) is 61.4 Å². The smallest absolute Gasteiger partial charge is 0.235 e. The Morgan fingerprint density at radius 1 is 1.89 bits per heavy atom. The Hall–Kier alpha value is -0.610. The summed E-state index contributed by atoms with van der Waals surface area (Å²) in [6.07, 6.45) is -0.0959. The van der Waals surface area contributed by atoms with Crippen molar-refractivity contribution in [3.05, 3.63) is 0 Å². The van der Waals surface area contributed by atoms with E-state index in [4.69, 9.17) is 5.11 Å². The summed E-state index contributed by atoms with van der Waals surface area (Å²) in [6.45, 7) is 1.65. The van der Waals surface area contributed by atoms with E-state index in [0.29, 0.717) is 6.42 Å². The molecule has 9 heavy (non-hydrogen) atoms. The third-order valence-electron chi connectivity index (χ3n) is 1.38. The highest BCUT2D eigenvalue weighted by atomic mass is 16.3. The van der Waals surface area contributed by atoms with Crippen LogP contribution in [0.5, 0.6) is 0 Å². The molecule has 4 nitrogen and oxygen atoms in total. The molecule has 1 fully saturated rings. The highest BCUT2D eigenvalue weighted by Gasteiger charge is 2.24. The van der Waals surface area contributed by atoms with Gasteiger partial charge in [-0.2, -0.15) is 0 Å². The summed E-state index contributed by atoms with van der Waals surface area (Å²) < 4.78 is 0. The molecule has 0 saturated carbocycles. The maximum absolute atomic E-state index is 10.5. The van der Waals surface area contributed by atoms with Crippen molar-refractivity contribution in [3.63, 3.8) is 0 Å². The van der Waals surface area contributed by atoms with E-state index in [0.717, 1.165) is 0 Å². The van der Waals surface area contributed by atoms with Crippen LogP contribution in [0.3, 0.4) is 0 Å². The highest BCUT2D eigenvalue weighted by molar-refractivity contribution is 5.78. The Kier molecular flexibility index (Phi) is 1.68. The summed E-state index contributed by atoms with van der Waals surface area (Å²) in [6, 6.07) is -0.113. The molecule has 0 bridgehead atoms. The minimum atomic E-state index is -0.469. The van der Waals surface area contributed by atoms with Crippen LogP contribution >= 0.6 is 0 Å². The Balaban J connectivity index is 2.39. The van der Waals surface area contributed by atoms with Crippen LogP contribution in [-0.2, 0) is 4.79 Å². The molecule has 0 aromatic carbocycles. The molecule has 1 amide bonds. The predicted octanol–water partition coefficient (Wildman–Crippen LogP) is -1.24. The molecule has 4 heteroatoms. The second-order valence-corrected chi connectivity index (χ2v) is 2.24. The largest absolute Gasteiger partial charge is 0.392 e. The number of carbonyl (C=O) groups is 1. The van der Waals surface area contributed by atoms with Gasteiger partial charge < -0.3 is 5.11 Å². The van der Waals surface area contributed by atoms with Crippen LogP contribution in [0.25, 0.3) is 0 Å². The van der Waals surface area contributed by atoms with Gasteiger partial charge in [0.25, 0.3) is 0 Å². The lowest BCUT2D eigenvalue weighted by Crippen LogP contribution is -2.37. The van der Waals surface area contributed by atoms with Crippen LogP contribution in [-0.4, -0.2) is 23.2 Å². The van der Waals surface area contributed by atoms with Crippen molar-refractivity contribution in [2.24, 2.45) is 0 Å². The molecule has 2 atom stereocenters. The van der Waals surface area contributed by atoms with E-state index in [1.807, 2.05) is 0 Å². The van der Waals surface area contributed by atoms with E-state index in [-0.39, 0.29) is 11.9 Å². The lowest BCUT2D eigenvalue weighted by atomic mass is 10.1. The summed E-state index contributed by atoms with van der Waals surface area (Å²) in [4.78, 5) is 10.5. The van der Waals surface area contributed by atoms with E-state index in [9.17, 15) is 4.79 Å². The van der Waals surface area contributed by atoms with Crippen molar-refractivity contribution in [2.75, 3.05) is 0 Å². The van der Waals surface area contributed by atoms with Gasteiger partial charge in [-0.05, 0) is 6.92 Å². The first-order valence-electron chi connectivity index (χ1n) is 2.92. The van der Waals surface area contributed by atoms with Crippen molar-refractivity contribution in [2.45, 2.75) is 25.5 Å². The quantitative estimate of drug-likeness (QED) is 0.416. The van der Waals surface area contributed by atoms with E-state index >= 15 is 0 Å². The molecule has 3 N–H and O–H groups in total. The average molecular weight is 130 g/mol. The monoisotopic (exact) mass is 130 g/mol. The Labute approximate surface area is 53.2 Å². The summed E-state index contributed by atoms with van der Waals surface area (Å²) in [5.41, 5.74) is 5.06. The van der Waals surface area contributed by atoms with Gasteiger partial charge in [0.15, 0.2) is 0 Å². The van der Waals surface area contributed by atoms with E-state index in [1.165, 1.54) is 0 Å². The fraction of sp³-hybridized carbons (Fsp3) is 0.800. The maximum atomic E-state index is 10.5. The van der Waals surface area contributed by atoms with Gasteiger partial charge in [-0.15, -0.1) is 0 Å². The minimum Gasteiger partial charge on any atom is -0.392 e. The average Bonchev–Trinajstić information content (AvgIpc) is 2.14. The molecule has 52 valence electrons. The molecule has 0 aliphatic carbocycles. The summed E-state index contributed by atoms with van der Waals surface area (Å²) in [7, 11) is 0. The van der Waals surface area contributed by atoms with Gasteiger partial charge in [0.1, 0.15) is 0 Å². The van der Waals surface area contributed by atoms with E-state index < -0.39 is 6.10 Å². The molecular weight excluding hydrogens is 120 g/mol. The SMILES string of the molecule is CC(O)C1CC(=O)NN1. The Morgan fingerprint density at radius 2 is 2.56 bits per heavy atom. The minimum absolute atomic E-state index is 0.0547. The van der Waals surface area contributed by atoms with E-state index in [1.54, 1.807) is 6.92 Å². The molecule has 0 radical (unpaired) electrons. The third-order valence-corrected chi connectivity index (χ3v) is 1.38. The normalized spacial score (nSPS) is 30.0. The van der Waals surface area contributed by atoms with Crippen LogP contribution in [0, 0.1) is 0 Å². The van der Waals surface area contributed by atoms with Crippen LogP contribution < -0.4 is 10.9 Å². The standard InChI is InChI=1S/C5H10N2O2/c1-3(8)4-2-5(9)7-6-4/h3-4,6,8H,2H2,1H3,(H,7,9). The van der Waals surface area contributed by atoms with Crippen molar-refractivity contribution >= 4 is 5.91 Å². The second-order valence-electron chi connectivity index (χ2n) is 2.24. The third kappa shape index (κ3) is 1.40. The summed E-state index contributed by atoms with van der Waals surface area (Å²) in [5, 5.41) is 8.92. The number of hydrogen-bond donors (Lipinski definition) is 3. The summed E-state index contributed by atoms with van der Waals surface area (Å²) >= 11 is 0. The van der Waals surface area contributed by atoms with Gasteiger partial charge in [-0.1, -0.05) is 0 Å². The molecule has 0 spiro atoms. The van der Waals surface area contributed by atoms with Crippen LogP contribution in [0.2, 0.25) is 0 Å². The van der Waals surface area contributed by atoms with Gasteiger partial charge in [-0.3, -0.25) is 10.2 Å². The van der Waals surface area contributed by atoms with E-state index in [2.05, 4.69) is 10.9 Å². The zero-order chi connectivity index (χ0) is 6.85. The second kappa shape index (κ2) is 2.33. The van der Waals surface area contributed by atoms with Crippen LogP contribution in [0.1, 0.15) is 13.3 Å². The molecule has 1 heterocycles. The number of nitrogens with one attached hydrogen (secondary N) is 2. The predicted molar refractivity (Wildman–Crippen MR) is 31.4 cm³/mol. The highest BCUT2D eigenvalue weighted by Crippen LogP contribution is 2.01. The van der Waals surface area contributed by atoms with Crippen molar-refractivity contribution in [1.82, 2.24) is 10.9 Å². The van der Waals surface area contributed by atoms with Gasteiger partial charge in [0.05, 0.1) is 12.1 Å². The van der Waals surface area contributed by atoms with Gasteiger partial charge in [0.2, 0.25) is 5.91 Å². The zero-order valence-corrected chi connectivity index (χ0v) is 5.22. The molecule has 1 aliphatic rings. The molecule has 1 aliphatic heterocycles. The fourth-order valence-electron chi connectivity index (χ4n) is 0.766. The van der Waals surface area contributed by atoms with Gasteiger partial charge in [-0.25, -0.2) is 5.43 Å². The Morgan fingerprint density at radius 3 is 2.78 bits per heavy atom. The zero-order valence-electron chi connectivity index (χ0n) is 5.22. The number of aliphatic hydroxyl groups excluding tert-OH is 1. The number of hydrazine groups is 1. The molecule has 2 unspecified atom stereocenters. The first kappa shape index (κ1) is 6.51. The molecular formula is C5H10N2O2. The van der Waals surface area contributed by atoms with Crippen LogP contribution in [0.4, 0.5) is 0 Å². The lowest BCUT2D eigenvalue weighted by Gasteiger charge is -2.09. The summed E-state index contributed by atoms with van der Waals surface area (Å²) in [5.74, 6) is -0.0547. The number of amides is 1. The van der Waals surface area contributed by atoms with Crippen molar-refractivity contribution < 1.29 is 9.90 Å².